The molecule has 1 aliphatic heterocycles. The zero-order chi connectivity index (χ0) is 25.8. The van der Waals surface area contributed by atoms with E-state index in [1.54, 1.807) is 20.8 Å². The van der Waals surface area contributed by atoms with Crippen LogP contribution in [0, 0.1) is 22.7 Å². The number of hydrogen-bond acceptors (Lipinski definition) is 7. The molecule has 0 aromatic carbocycles. The lowest BCUT2D eigenvalue weighted by atomic mass is 9.44. The van der Waals surface area contributed by atoms with Crippen LogP contribution in [0.2, 0.25) is 0 Å². The van der Waals surface area contributed by atoms with E-state index in [0.29, 0.717) is 0 Å². The first-order chi connectivity index (χ1) is 16.1. The van der Waals surface area contributed by atoms with Gasteiger partial charge in [-0.15, -0.1) is 0 Å². The summed E-state index contributed by atoms with van der Waals surface area (Å²) in [6.45, 7) is 7.28. The molecule has 1 saturated heterocycles. The Labute approximate surface area is 202 Å². The zero-order valence-corrected chi connectivity index (χ0v) is 20.6. The minimum atomic E-state index is -2.27. The van der Waals surface area contributed by atoms with E-state index in [0.717, 1.165) is 6.08 Å². The van der Waals surface area contributed by atoms with E-state index in [2.05, 4.69) is 0 Å². The van der Waals surface area contributed by atoms with Crippen molar-refractivity contribution in [1.82, 2.24) is 0 Å². The van der Waals surface area contributed by atoms with Crippen LogP contribution < -0.4 is 0 Å². The van der Waals surface area contributed by atoms with Crippen LogP contribution in [-0.2, 0) is 28.6 Å². The third kappa shape index (κ3) is 2.95. The van der Waals surface area contributed by atoms with Gasteiger partial charge in [0.15, 0.2) is 29.4 Å². The molecular weight excluding hydrogens is 462 g/mol. The second-order valence-corrected chi connectivity index (χ2v) is 11.6. The molecule has 4 aliphatic carbocycles. The van der Waals surface area contributed by atoms with E-state index in [9.17, 15) is 19.5 Å². The van der Waals surface area contributed by atoms with Crippen molar-refractivity contribution in [2.45, 2.75) is 89.3 Å². The van der Waals surface area contributed by atoms with Crippen LogP contribution in [0.15, 0.2) is 23.8 Å². The summed E-state index contributed by atoms with van der Waals surface area (Å²) in [4.78, 5) is 37.1. The number of carbonyl (C=O) groups excluding carboxylic acids is 3. The molecule has 9 atom stereocenters. The minimum Gasteiger partial charge on any atom is -0.458 e. The molecule has 1 N–H and O–H groups in total. The molecular formula is C26H32F2O7. The Morgan fingerprint density at radius 2 is 1.89 bits per heavy atom. The van der Waals surface area contributed by atoms with E-state index in [-0.39, 0.29) is 24.8 Å². The quantitative estimate of drug-likeness (QED) is 0.603. The highest BCUT2D eigenvalue weighted by Crippen LogP contribution is 2.72. The maximum absolute atomic E-state index is 17.3. The fourth-order valence-corrected chi connectivity index (χ4v) is 8.08. The van der Waals surface area contributed by atoms with Crippen LogP contribution in [0.4, 0.5) is 8.78 Å². The number of aliphatic hydroxyl groups excluding tert-OH is 1. The predicted octanol–water partition coefficient (Wildman–Crippen LogP) is 2.94. The Bertz CT molecular complexity index is 1070. The SMILES string of the molecule is CC(=O)OCC(=O)[C@@]12OC(C)(C)O[C@@H]1C[C@H]1[C@H]3C[C@H](F)C4=CC(=O)C=C[C@]4(C)[C@@]3(F)[C@@H](O)C[C@@]12C. The summed E-state index contributed by atoms with van der Waals surface area (Å²) in [5.41, 5.74) is -6.46. The molecule has 0 bridgehead atoms. The number of ketones is 2. The van der Waals surface area contributed by atoms with Crippen LogP contribution in [0.1, 0.15) is 53.9 Å². The van der Waals surface area contributed by atoms with Crippen LogP contribution >= 0.6 is 0 Å². The number of esters is 1. The number of aliphatic hydroxyl groups is 1. The van der Waals surface area contributed by atoms with Crippen LogP contribution in [0.25, 0.3) is 0 Å². The van der Waals surface area contributed by atoms with Crippen LogP contribution in [-0.4, -0.2) is 64.7 Å². The number of alkyl halides is 2. The van der Waals surface area contributed by atoms with Gasteiger partial charge in [0.2, 0.25) is 5.78 Å². The van der Waals surface area contributed by atoms with E-state index < -0.39 is 82.2 Å². The summed E-state index contributed by atoms with van der Waals surface area (Å²) >= 11 is 0. The first-order valence-corrected chi connectivity index (χ1v) is 12.1. The fraction of sp³-hybridized carbons (Fsp3) is 0.731. The summed E-state index contributed by atoms with van der Waals surface area (Å²) in [6.07, 6.45) is -0.345. The molecule has 5 rings (SSSR count). The van der Waals surface area contributed by atoms with Gasteiger partial charge in [0.1, 0.15) is 6.17 Å². The van der Waals surface area contributed by atoms with Crippen LogP contribution in [0.5, 0.6) is 0 Å². The van der Waals surface area contributed by atoms with Gasteiger partial charge in [0, 0.05) is 23.7 Å². The van der Waals surface area contributed by atoms with Gasteiger partial charge < -0.3 is 19.3 Å². The first-order valence-electron chi connectivity index (χ1n) is 12.1. The van der Waals surface area contributed by atoms with Crippen LogP contribution in [0.3, 0.4) is 0 Å². The number of fused-ring (bicyclic) bond motifs is 7. The number of carbonyl (C=O) groups is 3. The average Bonchev–Trinajstić information content (AvgIpc) is 3.16. The molecule has 3 saturated carbocycles. The largest absolute Gasteiger partial charge is 0.458 e. The maximum atomic E-state index is 17.3. The van der Waals surface area contributed by atoms with Gasteiger partial charge in [-0.3, -0.25) is 14.4 Å². The van der Waals surface area contributed by atoms with E-state index in [4.69, 9.17) is 14.2 Å². The molecule has 9 heteroatoms. The standard InChI is InChI=1S/C26H32F2O7/c1-13(29)33-12-20(32)26-21(34-22(2,3)35-26)10-15-16-9-18(27)17-8-14(30)6-7-23(17,4)25(16,28)19(31)11-24(15,26)5/h6-8,15-16,18-19,21,31H,9-12H2,1-5H3/t15-,16+,18-,19-,21+,23-,24-,25-,26+/m0/s1. The highest BCUT2D eigenvalue weighted by Gasteiger charge is 2.80. The average molecular weight is 495 g/mol. The Balaban J connectivity index is 1.62. The van der Waals surface area contributed by atoms with Gasteiger partial charge in [0.05, 0.1) is 12.2 Å². The van der Waals surface area contributed by atoms with Crippen molar-refractivity contribution >= 4 is 17.5 Å². The van der Waals surface area contributed by atoms with E-state index >= 15 is 8.78 Å². The summed E-state index contributed by atoms with van der Waals surface area (Å²) < 4.78 is 50.3. The number of Topliss-reactive ketones (excluding diaryl/α,β-unsaturated/α-hetero) is 1. The topological polar surface area (TPSA) is 99.1 Å². The third-order valence-corrected chi connectivity index (χ3v) is 9.44. The summed E-state index contributed by atoms with van der Waals surface area (Å²) in [7, 11) is 0. The second-order valence-electron chi connectivity index (χ2n) is 11.6. The molecule has 0 amide bonds. The summed E-state index contributed by atoms with van der Waals surface area (Å²) in [5.74, 6) is -4.23. The van der Waals surface area contributed by atoms with Crippen molar-refractivity contribution in [3.63, 3.8) is 0 Å². The van der Waals surface area contributed by atoms with E-state index in [1.807, 2.05) is 0 Å². The molecule has 0 unspecified atom stereocenters. The number of ether oxygens (including phenoxy) is 3. The third-order valence-electron chi connectivity index (χ3n) is 9.44. The Kier molecular flexibility index (Phi) is 5.15. The predicted molar refractivity (Wildman–Crippen MR) is 118 cm³/mol. The zero-order valence-electron chi connectivity index (χ0n) is 20.6. The molecule has 5 aliphatic rings. The van der Waals surface area contributed by atoms with Crippen molar-refractivity contribution in [3.05, 3.63) is 23.8 Å². The van der Waals surface area contributed by atoms with Gasteiger partial charge in [-0.25, -0.2) is 8.78 Å². The molecule has 7 nitrogen and oxygen atoms in total. The summed E-state index contributed by atoms with van der Waals surface area (Å²) in [6, 6.07) is 0. The molecule has 0 spiro atoms. The van der Waals surface area contributed by atoms with Gasteiger partial charge in [0.25, 0.3) is 0 Å². The van der Waals surface area contributed by atoms with Gasteiger partial charge in [-0.05, 0) is 63.7 Å². The Hall–Kier alpha value is -1.97. The number of hydrogen-bond donors (Lipinski definition) is 1. The minimum absolute atomic E-state index is 0.0406. The lowest BCUT2D eigenvalue weighted by Gasteiger charge is -2.63. The second kappa shape index (κ2) is 7.29. The Morgan fingerprint density at radius 3 is 2.54 bits per heavy atom. The van der Waals surface area contributed by atoms with Crippen molar-refractivity contribution in [2.24, 2.45) is 22.7 Å². The molecule has 0 radical (unpaired) electrons. The van der Waals surface area contributed by atoms with Crippen molar-refractivity contribution < 1.29 is 42.5 Å². The highest BCUT2D eigenvalue weighted by molar-refractivity contribution is 6.01. The van der Waals surface area contributed by atoms with E-state index in [1.165, 1.54) is 26.0 Å². The fourth-order valence-electron chi connectivity index (χ4n) is 8.08. The first kappa shape index (κ1) is 24.7. The number of halogens is 2. The number of allylic oxidation sites excluding steroid dienone is 4. The molecule has 1 heterocycles. The monoisotopic (exact) mass is 494 g/mol. The number of rotatable bonds is 3. The normalized spacial score (nSPS) is 49.4. The van der Waals surface area contributed by atoms with Crippen molar-refractivity contribution in [2.75, 3.05) is 6.61 Å². The van der Waals surface area contributed by atoms with Gasteiger partial charge in [-0.2, -0.15) is 0 Å². The van der Waals surface area contributed by atoms with Gasteiger partial charge >= 0.3 is 5.97 Å². The lowest BCUT2D eigenvalue weighted by Crippen LogP contribution is -2.71. The molecule has 35 heavy (non-hydrogen) atoms. The molecule has 0 aromatic rings. The lowest BCUT2D eigenvalue weighted by molar-refractivity contribution is -0.249. The van der Waals surface area contributed by atoms with Crippen molar-refractivity contribution in [3.8, 4) is 0 Å². The smallest absolute Gasteiger partial charge is 0.303 e. The highest BCUT2D eigenvalue weighted by atomic mass is 19.1. The summed E-state index contributed by atoms with van der Waals surface area (Å²) in [5, 5.41) is 11.5. The molecule has 192 valence electrons. The van der Waals surface area contributed by atoms with Gasteiger partial charge in [-0.1, -0.05) is 13.0 Å². The van der Waals surface area contributed by atoms with Crippen molar-refractivity contribution in [1.29, 1.82) is 0 Å². The molecule has 4 fully saturated rings. The Morgan fingerprint density at radius 1 is 1.20 bits per heavy atom. The molecule has 0 aromatic heterocycles. The maximum Gasteiger partial charge on any atom is 0.303 e.